The van der Waals surface area contributed by atoms with E-state index >= 15 is 0 Å². The van der Waals surface area contributed by atoms with Gasteiger partial charge in [0.05, 0.1) is 12.8 Å². The van der Waals surface area contributed by atoms with E-state index in [1.807, 2.05) is 38.3 Å². The summed E-state index contributed by atoms with van der Waals surface area (Å²) >= 11 is 1.43. The van der Waals surface area contributed by atoms with Crippen LogP contribution in [0.1, 0.15) is 31.4 Å². The highest BCUT2D eigenvalue weighted by Gasteiger charge is 2.37. The summed E-state index contributed by atoms with van der Waals surface area (Å²) in [5.41, 5.74) is -1.84. The molecular weight excluding hydrogens is 274 g/mol. The predicted molar refractivity (Wildman–Crippen MR) is 78.5 cm³/mol. The Bertz CT molecular complexity index is 518. The van der Waals surface area contributed by atoms with Crippen molar-refractivity contribution >= 4 is 17.2 Å². The first-order valence-corrected chi connectivity index (χ1v) is 7.30. The lowest BCUT2D eigenvalue weighted by Gasteiger charge is -2.27. The van der Waals surface area contributed by atoms with E-state index in [2.05, 4.69) is 5.32 Å². The number of thiophene rings is 1. The SMILES string of the molecule is CC(C)(C)C(=O)NCC(O)(c1ccco1)c1cccs1. The molecule has 0 aromatic carbocycles. The summed E-state index contributed by atoms with van der Waals surface area (Å²) in [6, 6.07) is 7.12. The maximum absolute atomic E-state index is 12.0. The van der Waals surface area contributed by atoms with Crippen LogP contribution in [-0.2, 0) is 10.4 Å². The molecule has 108 valence electrons. The van der Waals surface area contributed by atoms with E-state index in [1.54, 1.807) is 12.1 Å². The number of amides is 1. The summed E-state index contributed by atoms with van der Waals surface area (Å²) in [7, 11) is 0. The fourth-order valence-corrected chi connectivity index (χ4v) is 2.63. The maximum atomic E-state index is 12.0. The monoisotopic (exact) mass is 293 g/mol. The van der Waals surface area contributed by atoms with Crippen molar-refractivity contribution in [1.82, 2.24) is 5.32 Å². The first-order chi connectivity index (χ1) is 9.34. The molecule has 0 saturated heterocycles. The van der Waals surface area contributed by atoms with E-state index in [-0.39, 0.29) is 12.5 Å². The van der Waals surface area contributed by atoms with Gasteiger partial charge in [-0.25, -0.2) is 0 Å². The van der Waals surface area contributed by atoms with E-state index in [0.29, 0.717) is 5.76 Å². The normalized spacial score (nSPS) is 14.8. The third-order valence-corrected chi connectivity index (χ3v) is 4.06. The van der Waals surface area contributed by atoms with Gasteiger partial charge in [0, 0.05) is 10.3 Å². The Kier molecular flexibility index (Phi) is 4.01. The molecule has 2 rings (SSSR count). The van der Waals surface area contributed by atoms with Crippen molar-refractivity contribution in [1.29, 1.82) is 0 Å². The minimum atomic E-state index is -1.33. The third kappa shape index (κ3) is 2.94. The van der Waals surface area contributed by atoms with E-state index in [4.69, 9.17) is 4.42 Å². The number of rotatable bonds is 4. The maximum Gasteiger partial charge on any atom is 0.225 e. The number of aliphatic hydroxyl groups is 1. The van der Waals surface area contributed by atoms with E-state index in [0.717, 1.165) is 4.88 Å². The second kappa shape index (κ2) is 5.42. The van der Waals surface area contributed by atoms with E-state index in [9.17, 15) is 9.90 Å². The number of carbonyl (C=O) groups is 1. The smallest absolute Gasteiger partial charge is 0.225 e. The second-order valence-corrected chi connectivity index (χ2v) is 6.70. The van der Waals surface area contributed by atoms with Gasteiger partial charge in [0.2, 0.25) is 5.91 Å². The summed E-state index contributed by atoms with van der Waals surface area (Å²) in [6.07, 6.45) is 1.51. The van der Waals surface area contributed by atoms with Crippen LogP contribution in [0.2, 0.25) is 0 Å². The lowest BCUT2D eigenvalue weighted by Crippen LogP contribution is -2.44. The van der Waals surface area contributed by atoms with Gasteiger partial charge in [-0.2, -0.15) is 0 Å². The summed E-state index contributed by atoms with van der Waals surface area (Å²) in [5, 5.41) is 15.6. The van der Waals surface area contributed by atoms with Gasteiger partial charge >= 0.3 is 0 Å². The Morgan fingerprint density at radius 3 is 2.60 bits per heavy atom. The summed E-state index contributed by atoms with van der Waals surface area (Å²) < 4.78 is 5.35. The average molecular weight is 293 g/mol. The van der Waals surface area contributed by atoms with Crippen LogP contribution >= 0.6 is 11.3 Å². The van der Waals surface area contributed by atoms with Crippen LogP contribution in [-0.4, -0.2) is 17.6 Å². The molecule has 1 atom stereocenters. The van der Waals surface area contributed by atoms with Gasteiger partial charge < -0.3 is 14.8 Å². The molecule has 2 N–H and O–H groups in total. The van der Waals surface area contributed by atoms with E-state index < -0.39 is 11.0 Å². The Morgan fingerprint density at radius 2 is 2.10 bits per heavy atom. The Labute approximate surface area is 122 Å². The summed E-state index contributed by atoms with van der Waals surface area (Å²) in [5.74, 6) is 0.313. The molecular formula is C15H19NO3S. The predicted octanol–water partition coefficient (Wildman–Crippen LogP) is 2.74. The molecule has 0 saturated carbocycles. The minimum Gasteiger partial charge on any atom is -0.466 e. The van der Waals surface area contributed by atoms with Gasteiger partial charge in [-0.3, -0.25) is 4.79 Å². The second-order valence-electron chi connectivity index (χ2n) is 5.75. The fourth-order valence-electron chi connectivity index (χ4n) is 1.80. The van der Waals surface area contributed by atoms with Crippen molar-refractivity contribution in [3.8, 4) is 0 Å². The molecule has 0 aliphatic heterocycles. The van der Waals surface area contributed by atoms with Crippen LogP contribution in [0.4, 0.5) is 0 Å². The molecule has 2 heterocycles. The average Bonchev–Trinajstić information content (AvgIpc) is 3.05. The molecule has 0 aliphatic carbocycles. The molecule has 2 aromatic heterocycles. The Morgan fingerprint density at radius 1 is 1.35 bits per heavy atom. The Hall–Kier alpha value is -1.59. The topological polar surface area (TPSA) is 62.5 Å². The molecule has 1 amide bonds. The molecule has 0 fully saturated rings. The van der Waals surface area contributed by atoms with Crippen molar-refractivity contribution in [3.05, 3.63) is 46.5 Å². The van der Waals surface area contributed by atoms with Gasteiger partial charge in [-0.15, -0.1) is 11.3 Å². The Balaban J connectivity index is 2.24. The number of hydrogen-bond donors (Lipinski definition) is 2. The quantitative estimate of drug-likeness (QED) is 0.911. The zero-order chi connectivity index (χ0) is 14.8. The largest absolute Gasteiger partial charge is 0.466 e. The first-order valence-electron chi connectivity index (χ1n) is 6.43. The van der Waals surface area contributed by atoms with Gasteiger partial charge in [0.15, 0.2) is 5.60 Å². The standard InChI is InChI=1S/C15H19NO3S/c1-14(2,3)13(17)16-10-15(18,11-6-4-8-19-11)12-7-5-9-20-12/h4-9,18H,10H2,1-3H3,(H,16,17). The molecule has 5 heteroatoms. The van der Waals surface area contributed by atoms with Crippen molar-refractivity contribution < 1.29 is 14.3 Å². The van der Waals surface area contributed by atoms with Crippen LogP contribution in [0.3, 0.4) is 0 Å². The molecule has 0 aliphatic rings. The van der Waals surface area contributed by atoms with Crippen LogP contribution in [0, 0.1) is 5.41 Å². The zero-order valence-electron chi connectivity index (χ0n) is 11.8. The highest BCUT2D eigenvalue weighted by Crippen LogP contribution is 2.32. The van der Waals surface area contributed by atoms with Gasteiger partial charge in [0.25, 0.3) is 0 Å². The highest BCUT2D eigenvalue weighted by molar-refractivity contribution is 7.10. The number of nitrogens with one attached hydrogen (secondary N) is 1. The highest BCUT2D eigenvalue weighted by atomic mass is 32.1. The van der Waals surface area contributed by atoms with Crippen molar-refractivity contribution in [3.63, 3.8) is 0 Å². The third-order valence-electron chi connectivity index (χ3n) is 3.04. The molecule has 0 bridgehead atoms. The van der Waals surface area contributed by atoms with Crippen molar-refractivity contribution in [2.75, 3.05) is 6.54 Å². The number of carbonyl (C=O) groups excluding carboxylic acids is 1. The van der Waals surface area contributed by atoms with Crippen LogP contribution in [0.15, 0.2) is 40.3 Å². The van der Waals surface area contributed by atoms with Crippen LogP contribution < -0.4 is 5.32 Å². The van der Waals surface area contributed by atoms with Crippen molar-refractivity contribution in [2.24, 2.45) is 5.41 Å². The lowest BCUT2D eigenvalue weighted by molar-refractivity contribution is -0.129. The van der Waals surface area contributed by atoms with Crippen molar-refractivity contribution in [2.45, 2.75) is 26.4 Å². The summed E-state index contributed by atoms with van der Waals surface area (Å²) in [4.78, 5) is 12.7. The van der Waals surface area contributed by atoms with Gasteiger partial charge in [-0.1, -0.05) is 26.8 Å². The minimum absolute atomic E-state index is 0.0805. The van der Waals surface area contributed by atoms with Gasteiger partial charge in [-0.05, 0) is 23.6 Å². The van der Waals surface area contributed by atoms with Crippen LogP contribution in [0.25, 0.3) is 0 Å². The lowest BCUT2D eigenvalue weighted by atomic mass is 9.94. The first kappa shape index (κ1) is 14.8. The molecule has 0 spiro atoms. The van der Waals surface area contributed by atoms with Crippen LogP contribution in [0.5, 0.6) is 0 Å². The summed E-state index contributed by atoms with van der Waals surface area (Å²) in [6.45, 7) is 5.58. The number of furan rings is 1. The number of hydrogen-bond acceptors (Lipinski definition) is 4. The molecule has 1 unspecified atom stereocenters. The fraction of sp³-hybridized carbons (Fsp3) is 0.400. The molecule has 2 aromatic rings. The molecule has 0 radical (unpaired) electrons. The zero-order valence-corrected chi connectivity index (χ0v) is 12.7. The molecule has 20 heavy (non-hydrogen) atoms. The molecule has 4 nitrogen and oxygen atoms in total. The van der Waals surface area contributed by atoms with E-state index in [1.165, 1.54) is 17.6 Å². The van der Waals surface area contributed by atoms with Gasteiger partial charge in [0.1, 0.15) is 5.76 Å².